The number of ether oxygens (including phenoxy) is 2. The number of benzene rings is 2. The number of nitrogens with zero attached hydrogens (tertiary/aromatic N) is 1. The lowest BCUT2D eigenvalue weighted by molar-refractivity contribution is -0.121. The van der Waals surface area contributed by atoms with Crippen molar-refractivity contribution in [2.75, 3.05) is 6.61 Å². The summed E-state index contributed by atoms with van der Waals surface area (Å²) < 4.78 is 16.6. The number of hydrogen-bond donors (Lipinski definition) is 1. The van der Waals surface area contributed by atoms with Crippen molar-refractivity contribution < 1.29 is 18.8 Å². The number of carbonyl (C=O) groups is 1. The number of hydrogen-bond acceptors (Lipinski definition) is 5. The van der Waals surface area contributed by atoms with Gasteiger partial charge in [-0.05, 0) is 37.6 Å². The fourth-order valence-corrected chi connectivity index (χ4v) is 3.49. The summed E-state index contributed by atoms with van der Waals surface area (Å²) in [6.45, 7) is 4.79. The van der Waals surface area contributed by atoms with Gasteiger partial charge in [0.15, 0.2) is 0 Å². The predicted octanol–water partition coefficient (Wildman–Crippen LogP) is 4.05. The van der Waals surface area contributed by atoms with E-state index in [4.69, 9.17) is 14.0 Å². The Bertz CT molecular complexity index is 975. The van der Waals surface area contributed by atoms with Gasteiger partial charge in [-0.1, -0.05) is 35.5 Å². The molecule has 2 aromatic carbocycles. The molecule has 0 saturated heterocycles. The normalized spacial score (nSPS) is 15.3. The minimum absolute atomic E-state index is 0.00362. The average Bonchev–Trinajstić information content (AvgIpc) is 3.05. The molecule has 1 aliphatic heterocycles. The minimum atomic E-state index is -0.00916. The molecule has 6 heteroatoms. The van der Waals surface area contributed by atoms with E-state index in [1.165, 1.54) is 0 Å². The molecule has 1 unspecified atom stereocenters. The van der Waals surface area contributed by atoms with Crippen LogP contribution in [0.15, 0.2) is 53.1 Å². The first-order valence-electron chi connectivity index (χ1n) is 9.75. The van der Waals surface area contributed by atoms with Crippen molar-refractivity contribution >= 4 is 5.91 Å². The molecule has 29 heavy (non-hydrogen) atoms. The van der Waals surface area contributed by atoms with Gasteiger partial charge in [-0.3, -0.25) is 4.79 Å². The Morgan fingerprint density at radius 2 is 1.97 bits per heavy atom. The van der Waals surface area contributed by atoms with Gasteiger partial charge >= 0.3 is 0 Å². The molecule has 3 aromatic rings. The summed E-state index contributed by atoms with van der Waals surface area (Å²) in [4.78, 5) is 12.5. The zero-order chi connectivity index (χ0) is 20.2. The summed E-state index contributed by atoms with van der Waals surface area (Å²) >= 11 is 0. The van der Waals surface area contributed by atoms with E-state index in [-0.39, 0.29) is 11.9 Å². The van der Waals surface area contributed by atoms with E-state index in [2.05, 4.69) is 10.5 Å². The third kappa shape index (κ3) is 4.42. The molecule has 6 nitrogen and oxygen atoms in total. The molecule has 0 bridgehead atoms. The third-order valence-corrected chi connectivity index (χ3v) is 5.15. The molecule has 1 atom stereocenters. The number of rotatable bonds is 6. The number of aryl methyl sites for hydroxylation is 2. The number of para-hydroxylation sites is 1. The fraction of sp³-hybridized carbons (Fsp3) is 0.304. The topological polar surface area (TPSA) is 73.6 Å². The summed E-state index contributed by atoms with van der Waals surface area (Å²) in [5.41, 5.74) is 3.78. The van der Waals surface area contributed by atoms with E-state index < -0.39 is 0 Å². The van der Waals surface area contributed by atoms with E-state index >= 15 is 0 Å². The van der Waals surface area contributed by atoms with Crippen LogP contribution in [0.3, 0.4) is 0 Å². The zero-order valence-corrected chi connectivity index (χ0v) is 16.6. The van der Waals surface area contributed by atoms with E-state index in [9.17, 15) is 4.79 Å². The second-order valence-electron chi connectivity index (χ2n) is 7.21. The summed E-state index contributed by atoms with van der Waals surface area (Å²) in [5.74, 6) is 2.36. The maximum atomic E-state index is 12.5. The Morgan fingerprint density at radius 1 is 1.17 bits per heavy atom. The van der Waals surface area contributed by atoms with Gasteiger partial charge in [0.05, 0.1) is 30.3 Å². The van der Waals surface area contributed by atoms with E-state index in [0.717, 1.165) is 46.1 Å². The monoisotopic (exact) mass is 392 g/mol. The second-order valence-corrected chi connectivity index (χ2v) is 7.21. The maximum absolute atomic E-state index is 12.5. The number of aromatic nitrogens is 1. The molecule has 150 valence electrons. The van der Waals surface area contributed by atoms with Crippen molar-refractivity contribution in [3.8, 4) is 11.5 Å². The van der Waals surface area contributed by atoms with Crippen LogP contribution in [0.25, 0.3) is 0 Å². The van der Waals surface area contributed by atoms with Crippen molar-refractivity contribution in [2.24, 2.45) is 0 Å². The van der Waals surface area contributed by atoms with Crippen LogP contribution in [-0.2, 0) is 17.8 Å². The highest BCUT2D eigenvalue weighted by Gasteiger charge is 2.22. The highest BCUT2D eigenvalue weighted by Crippen LogP contribution is 2.31. The first-order chi connectivity index (χ1) is 14.1. The van der Waals surface area contributed by atoms with Crippen LogP contribution in [0.5, 0.6) is 11.5 Å². The Kier molecular flexibility index (Phi) is 5.51. The van der Waals surface area contributed by atoms with Gasteiger partial charge in [-0.25, -0.2) is 0 Å². The van der Waals surface area contributed by atoms with Crippen molar-refractivity contribution in [1.82, 2.24) is 10.5 Å². The first kappa shape index (κ1) is 19.1. The summed E-state index contributed by atoms with van der Waals surface area (Å²) in [7, 11) is 0. The van der Waals surface area contributed by atoms with Crippen molar-refractivity contribution in [3.63, 3.8) is 0 Å². The molecule has 0 radical (unpaired) electrons. The van der Waals surface area contributed by atoms with Crippen LogP contribution in [-0.4, -0.2) is 17.7 Å². The molecular formula is C23H24N2O4. The summed E-state index contributed by atoms with van der Waals surface area (Å²) in [6, 6.07) is 15.4. The number of fused-ring (bicyclic) bond motifs is 1. The zero-order valence-electron chi connectivity index (χ0n) is 16.6. The first-order valence-corrected chi connectivity index (χ1v) is 9.75. The van der Waals surface area contributed by atoms with Gasteiger partial charge in [0.2, 0.25) is 5.91 Å². The van der Waals surface area contributed by atoms with E-state index in [1.54, 1.807) is 0 Å². The molecule has 0 aliphatic carbocycles. The molecule has 0 spiro atoms. The number of amides is 1. The van der Waals surface area contributed by atoms with Gasteiger partial charge < -0.3 is 19.3 Å². The molecule has 1 aliphatic rings. The molecule has 1 aromatic heterocycles. The maximum Gasteiger partial charge on any atom is 0.224 e. The van der Waals surface area contributed by atoms with Gasteiger partial charge in [-0.2, -0.15) is 0 Å². The Labute approximate surface area is 169 Å². The Balaban J connectivity index is 1.33. The van der Waals surface area contributed by atoms with Gasteiger partial charge in [0.25, 0.3) is 0 Å². The van der Waals surface area contributed by atoms with Crippen LogP contribution < -0.4 is 14.8 Å². The lowest BCUT2D eigenvalue weighted by Gasteiger charge is -2.26. The molecule has 1 N–H and O–H groups in total. The van der Waals surface area contributed by atoms with Crippen LogP contribution >= 0.6 is 0 Å². The van der Waals surface area contributed by atoms with Crippen LogP contribution in [0, 0.1) is 13.8 Å². The third-order valence-electron chi connectivity index (χ3n) is 5.15. The summed E-state index contributed by atoms with van der Waals surface area (Å²) in [5, 5.41) is 7.06. The molecule has 2 heterocycles. The summed E-state index contributed by atoms with van der Waals surface area (Å²) in [6.07, 6.45) is 1.10. The van der Waals surface area contributed by atoms with Crippen molar-refractivity contribution in [1.29, 1.82) is 0 Å². The highest BCUT2D eigenvalue weighted by molar-refractivity contribution is 5.79. The van der Waals surface area contributed by atoms with Crippen LogP contribution in [0.2, 0.25) is 0 Å². The lowest BCUT2D eigenvalue weighted by Crippen LogP contribution is -2.33. The highest BCUT2D eigenvalue weighted by atomic mass is 16.5. The van der Waals surface area contributed by atoms with Crippen LogP contribution in [0.4, 0.5) is 0 Å². The van der Waals surface area contributed by atoms with Crippen molar-refractivity contribution in [3.05, 3.63) is 76.7 Å². The number of carbonyl (C=O) groups excluding carboxylic acids is 1. The molecule has 4 rings (SSSR count). The molecule has 0 fully saturated rings. The standard InChI is InChI=1S/C23H24N2O4/c1-15-20(16(2)29-25-15)14-28-18-9-7-17(8-10-18)13-23(26)24-21-11-12-27-22-6-4-3-5-19(21)22/h3-10,21H,11-14H2,1-2H3,(H,24,26). The molecule has 0 saturated carbocycles. The Morgan fingerprint density at radius 3 is 2.72 bits per heavy atom. The van der Waals surface area contributed by atoms with Crippen molar-refractivity contribution in [2.45, 2.75) is 39.3 Å². The smallest absolute Gasteiger partial charge is 0.224 e. The second kappa shape index (κ2) is 8.39. The molecule has 1 amide bonds. The van der Waals surface area contributed by atoms with E-state index in [1.807, 2.05) is 62.4 Å². The SMILES string of the molecule is Cc1noc(C)c1COc1ccc(CC(=O)NC2CCOc3ccccc32)cc1. The van der Waals surface area contributed by atoms with Gasteiger partial charge in [-0.15, -0.1) is 0 Å². The average molecular weight is 392 g/mol. The minimum Gasteiger partial charge on any atom is -0.493 e. The molecular weight excluding hydrogens is 368 g/mol. The van der Waals surface area contributed by atoms with Gasteiger partial charge in [0, 0.05) is 12.0 Å². The quantitative estimate of drug-likeness (QED) is 0.685. The fourth-order valence-electron chi connectivity index (χ4n) is 3.49. The Hall–Kier alpha value is -3.28. The van der Waals surface area contributed by atoms with Crippen LogP contribution in [0.1, 0.15) is 40.6 Å². The van der Waals surface area contributed by atoms with Gasteiger partial charge in [0.1, 0.15) is 23.9 Å². The number of nitrogens with one attached hydrogen (secondary N) is 1. The largest absolute Gasteiger partial charge is 0.493 e. The predicted molar refractivity (Wildman–Crippen MR) is 108 cm³/mol. The van der Waals surface area contributed by atoms with E-state index in [0.29, 0.717) is 19.6 Å². The lowest BCUT2D eigenvalue weighted by atomic mass is 10.00.